The highest BCUT2D eigenvalue weighted by Crippen LogP contribution is 2.38. The molecule has 0 bridgehead atoms. The van der Waals surface area contributed by atoms with Crippen molar-refractivity contribution < 1.29 is 14.6 Å². The van der Waals surface area contributed by atoms with Gasteiger partial charge in [0.2, 0.25) is 0 Å². The van der Waals surface area contributed by atoms with Crippen molar-refractivity contribution in [1.82, 2.24) is 4.90 Å². The van der Waals surface area contributed by atoms with Crippen LogP contribution in [0, 0.1) is 0 Å². The van der Waals surface area contributed by atoms with Crippen LogP contribution in [0.2, 0.25) is 0 Å². The summed E-state index contributed by atoms with van der Waals surface area (Å²) in [6.07, 6.45) is 0.945. The second-order valence-corrected chi connectivity index (χ2v) is 4.93. The normalized spacial score (nSPS) is 20.8. The predicted octanol–water partition coefficient (Wildman–Crippen LogP) is 0.552. The molecule has 0 radical (unpaired) electrons. The van der Waals surface area contributed by atoms with Crippen molar-refractivity contribution in [3.63, 3.8) is 0 Å². The van der Waals surface area contributed by atoms with E-state index in [0.29, 0.717) is 5.75 Å². The average molecular weight is 266 g/mol. The summed E-state index contributed by atoms with van der Waals surface area (Å²) in [6, 6.07) is 3.69. The van der Waals surface area contributed by atoms with Crippen LogP contribution in [0.5, 0.6) is 11.5 Å². The molecule has 1 aromatic carbocycles. The van der Waals surface area contributed by atoms with Gasteiger partial charge in [-0.1, -0.05) is 0 Å². The lowest BCUT2D eigenvalue weighted by Crippen LogP contribution is -2.44. The van der Waals surface area contributed by atoms with Crippen LogP contribution in [-0.2, 0) is 6.42 Å². The van der Waals surface area contributed by atoms with Crippen LogP contribution in [0.4, 0.5) is 0 Å². The Labute approximate surface area is 113 Å². The second kappa shape index (κ2) is 5.77. The molecule has 1 heterocycles. The highest BCUT2D eigenvalue weighted by atomic mass is 16.5. The molecule has 2 rings (SSSR count). The number of nitrogens with two attached hydrogens (primary N) is 1. The Bertz CT molecular complexity index is 451. The summed E-state index contributed by atoms with van der Waals surface area (Å²) in [6.45, 7) is 0.879. The lowest BCUT2D eigenvalue weighted by molar-refractivity contribution is 0.151. The first kappa shape index (κ1) is 14.1. The minimum Gasteiger partial charge on any atom is -0.493 e. The van der Waals surface area contributed by atoms with Crippen molar-refractivity contribution in [2.45, 2.75) is 18.5 Å². The summed E-state index contributed by atoms with van der Waals surface area (Å²) in [5, 5.41) is 9.35. The number of hydrogen-bond donors (Lipinski definition) is 2. The van der Waals surface area contributed by atoms with E-state index in [1.54, 1.807) is 14.2 Å². The van der Waals surface area contributed by atoms with Crippen molar-refractivity contribution in [1.29, 1.82) is 0 Å². The molecule has 19 heavy (non-hydrogen) atoms. The van der Waals surface area contributed by atoms with E-state index in [9.17, 15) is 5.11 Å². The van der Waals surface area contributed by atoms with Gasteiger partial charge in [0.25, 0.3) is 0 Å². The van der Waals surface area contributed by atoms with Crippen LogP contribution < -0.4 is 15.2 Å². The number of hydrogen-bond acceptors (Lipinski definition) is 5. The van der Waals surface area contributed by atoms with E-state index in [4.69, 9.17) is 15.2 Å². The minimum absolute atomic E-state index is 0.00792. The average Bonchev–Trinajstić information content (AvgIpc) is 2.44. The van der Waals surface area contributed by atoms with Gasteiger partial charge >= 0.3 is 0 Å². The highest BCUT2D eigenvalue weighted by molar-refractivity contribution is 5.49. The molecule has 0 aromatic heterocycles. The summed E-state index contributed by atoms with van der Waals surface area (Å²) < 4.78 is 10.7. The number of nitrogens with zero attached hydrogens (tertiary/aromatic N) is 1. The molecule has 2 atom stereocenters. The van der Waals surface area contributed by atoms with Crippen LogP contribution in [-0.4, -0.2) is 50.5 Å². The number of aliphatic hydroxyl groups is 1. The van der Waals surface area contributed by atoms with Crippen molar-refractivity contribution in [2.75, 3.05) is 34.4 Å². The number of benzene rings is 1. The lowest BCUT2D eigenvalue weighted by atomic mass is 9.88. The Balaban J connectivity index is 2.48. The third kappa shape index (κ3) is 2.54. The van der Waals surface area contributed by atoms with Gasteiger partial charge in [0.1, 0.15) is 0 Å². The largest absolute Gasteiger partial charge is 0.493 e. The number of fused-ring (bicyclic) bond motifs is 1. The maximum atomic E-state index is 9.35. The van der Waals surface area contributed by atoms with Crippen LogP contribution in [0.1, 0.15) is 17.2 Å². The zero-order valence-corrected chi connectivity index (χ0v) is 11.7. The number of aliphatic hydroxyl groups excluding tert-OH is 1. The molecule has 1 aromatic rings. The van der Waals surface area contributed by atoms with E-state index in [2.05, 4.69) is 4.90 Å². The van der Waals surface area contributed by atoms with E-state index < -0.39 is 0 Å². The zero-order chi connectivity index (χ0) is 14.0. The van der Waals surface area contributed by atoms with Gasteiger partial charge in [-0.25, -0.2) is 0 Å². The smallest absolute Gasteiger partial charge is 0.161 e. The van der Waals surface area contributed by atoms with Crippen molar-refractivity contribution in [3.8, 4) is 11.5 Å². The van der Waals surface area contributed by atoms with Gasteiger partial charge in [-0.2, -0.15) is 0 Å². The summed E-state index contributed by atoms with van der Waals surface area (Å²) in [7, 11) is 5.29. The van der Waals surface area contributed by atoms with Gasteiger partial charge in [-0.05, 0) is 36.7 Å². The number of rotatable bonds is 4. The molecule has 0 spiro atoms. The Hall–Kier alpha value is -1.30. The summed E-state index contributed by atoms with van der Waals surface area (Å²) in [4.78, 5) is 2.18. The van der Waals surface area contributed by atoms with Gasteiger partial charge in [0.05, 0.1) is 26.9 Å². The van der Waals surface area contributed by atoms with E-state index in [1.807, 2.05) is 19.2 Å². The Morgan fingerprint density at radius 2 is 2.00 bits per heavy atom. The van der Waals surface area contributed by atoms with Crippen molar-refractivity contribution in [3.05, 3.63) is 23.3 Å². The van der Waals surface area contributed by atoms with E-state index >= 15 is 0 Å². The number of ether oxygens (including phenoxy) is 2. The molecule has 3 N–H and O–H groups in total. The van der Waals surface area contributed by atoms with Crippen LogP contribution in [0.15, 0.2) is 12.1 Å². The molecule has 1 aliphatic heterocycles. The lowest BCUT2D eigenvalue weighted by Gasteiger charge is -2.38. The van der Waals surface area contributed by atoms with Gasteiger partial charge in [-0.15, -0.1) is 0 Å². The molecule has 0 saturated heterocycles. The first-order chi connectivity index (χ1) is 9.12. The Morgan fingerprint density at radius 3 is 2.58 bits per heavy atom. The van der Waals surface area contributed by atoms with E-state index in [1.165, 1.54) is 5.56 Å². The number of methoxy groups -OCH3 is 2. The van der Waals surface area contributed by atoms with E-state index in [0.717, 1.165) is 24.3 Å². The van der Waals surface area contributed by atoms with Crippen LogP contribution in [0.3, 0.4) is 0 Å². The quantitative estimate of drug-likeness (QED) is 0.833. The summed E-state index contributed by atoms with van der Waals surface area (Å²) >= 11 is 0. The zero-order valence-electron chi connectivity index (χ0n) is 11.7. The molecule has 5 nitrogen and oxygen atoms in total. The molecule has 0 amide bonds. The Morgan fingerprint density at radius 1 is 1.37 bits per heavy atom. The molecule has 0 saturated carbocycles. The Kier molecular flexibility index (Phi) is 4.29. The predicted molar refractivity (Wildman–Crippen MR) is 73.7 cm³/mol. The van der Waals surface area contributed by atoms with Gasteiger partial charge in [0, 0.05) is 12.6 Å². The molecule has 2 unspecified atom stereocenters. The third-order valence-electron chi connectivity index (χ3n) is 3.79. The molecular weight excluding hydrogens is 244 g/mol. The molecule has 1 aliphatic rings. The van der Waals surface area contributed by atoms with Gasteiger partial charge in [0.15, 0.2) is 11.5 Å². The third-order valence-corrected chi connectivity index (χ3v) is 3.79. The number of likely N-dealkylation sites (N-methyl/N-ethyl adjacent to an activating group) is 1. The monoisotopic (exact) mass is 266 g/mol. The van der Waals surface area contributed by atoms with Crippen molar-refractivity contribution in [2.24, 2.45) is 5.73 Å². The molecule has 106 valence electrons. The van der Waals surface area contributed by atoms with Crippen LogP contribution in [0.25, 0.3) is 0 Å². The standard InChI is InChI=1S/C14H22N2O3/c1-16-5-4-9-6-12(18-2)13(19-3)7-10(9)14(16)11(15)8-17/h6-7,11,14,17H,4-5,8,15H2,1-3H3. The first-order valence-electron chi connectivity index (χ1n) is 6.43. The topological polar surface area (TPSA) is 68.0 Å². The van der Waals surface area contributed by atoms with Gasteiger partial charge in [-0.3, -0.25) is 4.90 Å². The molecule has 0 fully saturated rings. The molecule has 0 aliphatic carbocycles. The molecular formula is C14H22N2O3. The highest BCUT2D eigenvalue weighted by Gasteiger charge is 2.30. The molecule has 5 heteroatoms. The second-order valence-electron chi connectivity index (χ2n) is 4.93. The van der Waals surface area contributed by atoms with E-state index in [-0.39, 0.29) is 18.7 Å². The van der Waals surface area contributed by atoms with Gasteiger partial charge < -0.3 is 20.3 Å². The fourth-order valence-electron chi connectivity index (χ4n) is 2.76. The fraction of sp³-hybridized carbons (Fsp3) is 0.571. The summed E-state index contributed by atoms with van der Waals surface area (Å²) in [5.74, 6) is 1.44. The SMILES string of the molecule is COc1cc2c(cc1OC)C(C(N)CO)N(C)CC2. The minimum atomic E-state index is -0.304. The van der Waals surface area contributed by atoms with Crippen LogP contribution >= 0.6 is 0 Å². The summed E-state index contributed by atoms with van der Waals surface area (Å²) in [5.41, 5.74) is 8.38. The first-order valence-corrected chi connectivity index (χ1v) is 6.43. The fourth-order valence-corrected chi connectivity index (χ4v) is 2.76. The maximum Gasteiger partial charge on any atom is 0.161 e. The maximum absolute atomic E-state index is 9.35. The van der Waals surface area contributed by atoms with Crippen molar-refractivity contribution >= 4 is 0 Å².